The molecule has 0 saturated carbocycles. The molecular formula is C20H23NO6. The largest absolute Gasteiger partial charge is 0.493 e. The Morgan fingerprint density at radius 2 is 1.56 bits per heavy atom. The van der Waals surface area contributed by atoms with Crippen LogP contribution in [0, 0.1) is 0 Å². The molecule has 0 unspecified atom stereocenters. The van der Waals surface area contributed by atoms with Crippen molar-refractivity contribution in [2.45, 2.75) is 6.42 Å². The maximum absolute atomic E-state index is 12.2. The van der Waals surface area contributed by atoms with Crippen LogP contribution >= 0.6 is 0 Å². The van der Waals surface area contributed by atoms with Crippen molar-refractivity contribution in [2.75, 3.05) is 34.5 Å². The van der Waals surface area contributed by atoms with Crippen molar-refractivity contribution in [3.8, 4) is 17.2 Å². The van der Waals surface area contributed by atoms with E-state index < -0.39 is 5.97 Å². The van der Waals surface area contributed by atoms with Crippen LogP contribution in [-0.2, 0) is 16.0 Å². The van der Waals surface area contributed by atoms with Crippen LogP contribution in [0.5, 0.6) is 17.2 Å². The molecule has 0 aromatic heterocycles. The van der Waals surface area contributed by atoms with Crippen LogP contribution in [0.3, 0.4) is 0 Å². The van der Waals surface area contributed by atoms with Crippen molar-refractivity contribution in [1.29, 1.82) is 0 Å². The molecule has 0 aliphatic heterocycles. The Morgan fingerprint density at radius 3 is 2.11 bits per heavy atom. The molecule has 0 radical (unpaired) electrons. The lowest BCUT2D eigenvalue weighted by atomic mass is 10.1. The van der Waals surface area contributed by atoms with E-state index in [0.717, 1.165) is 5.56 Å². The molecule has 144 valence electrons. The van der Waals surface area contributed by atoms with Crippen LogP contribution in [0.4, 0.5) is 0 Å². The Hall–Kier alpha value is -3.22. The highest BCUT2D eigenvalue weighted by Gasteiger charge is 2.18. The number of benzene rings is 2. The SMILES string of the molecule is COc1cc(C(=O)OCC(=O)NCCc2ccccc2)cc(OC)c1OC. The number of carbonyl (C=O) groups excluding carboxylic acids is 2. The van der Waals surface area contributed by atoms with Crippen molar-refractivity contribution < 1.29 is 28.5 Å². The summed E-state index contributed by atoms with van der Waals surface area (Å²) in [5.41, 5.74) is 1.31. The fraction of sp³-hybridized carbons (Fsp3) is 0.300. The summed E-state index contributed by atoms with van der Waals surface area (Å²) < 4.78 is 20.7. The summed E-state index contributed by atoms with van der Waals surface area (Å²) in [6.07, 6.45) is 0.702. The Kier molecular flexibility index (Phi) is 7.49. The van der Waals surface area contributed by atoms with E-state index in [1.165, 1.54) is 33.5 Å². The van der Waals surface area contributed by atoms with Crippen LogP contribution < -0.4 is 19.5 Å². The van der Waals surface area contributed by atoms with Gasteiger partial charge >= 0.3 is 5.97 Å². The van der Waals surface area contributed by atoms with Gasteiger partial charge in [0.15, 0.2) is 18.1 Å². The van der Waals surface area contributed by atoms with Crippen molar-refractivity contribution in [1.82, 2.24) is 5.32 Å². The molecule has 0 saturated heterocycles. The quantitative estimate of drug-likeness (QED) is 0.679. The number of hydrogen-bond acceptors (Lipinski definition) is 6. The lowest BCUT2D eigenvalue weighted by molar-refractivity contribution is -0.124. The van der Waals surface area contributed by atoms with Gasteiger partial charge in [-0.25, -0.2) is 4.79 Å². The zero-order valence-electron chi connectivity index (χ0n) is 15.6. The summed E-state index contributed by atoms with van der Waals surface area (Å²) in [6.45, 7) is 0.0921. The predicted octanol–water partition coefficient (Wildman–Crippen LogP) is 2.23. The minimum atomic E-state index is -0.660. The normalized spacial score (nSPS) is 10.0. The van der Waals surface area contributed by atoms with Crippen molar-refractivity contribution >= 4 is 11.9 Å². The Bertz CT molecular complexity index is 750. The Labute approximate surface area is 158 Å². The molecule has 1 amide bonds. The third-order valence-corrected chi connectivity index (χ3v) is 3.81. The van der Waals surface area contributed by atoms with Crippen molar-refractivity contribution in [2.24, 2.45) is 0 Å². The van der Waals surface area contributed by atoms with Gasteiger partial charge in [-0.1, -0.05) is 30.3 Å². The number of hydrogen-bond donors (Lipinski definition) is 1. The van der Waals surface area contributed by atoms with Gasteiger partial charge in [-0.05, 0) is 24.1 Å². The first-order valence-electron chi connectivity index (χ1n) is 8.36. The topological polar surface area (TPSA) is 83.1 Å². The molecule has 7 nitrogen and oxygen atoms in total. The number of carbonyl (C=O) groups is 2. The number of methoxy groups -OCH3 is 3. The van der Waals surface area contributed by atoms with E-state index in [2.05, 4.69) is 5.32 Å². The first-order valence-corrected chi connectivity index (χ1v) is 8.36. The van der Waals surface area contributed by atoms with Gasteiger partial charge in [0, 0.05) is 6.54 Å². The molecule has 1 N–H and O–H groups in total. The van der Waals surface area contributed by atoms with Crippen molar-refractivity contribution in [3.63, 3.8) is 0 Å². The molecule has 0 atom stereocenters. The molecule has 2 aromatic rings. The standard InChI is InChI=1S/C20H23NO6/c1-24-16-11-15(12-17(25-2)19(16)26-3)20(23)27-13-18(22)21-10-9-14-7-5-4-6-8-14/h4-8,11-12H,9-10,13H2,1-3H3,(H,21,22). The number of rotatable bonds is 9. The average molecular weight is 373 g/mol. The smallest absolute Gasteiger partial charge is 0.338 e. The van der Waals surface area contributed by atoms with Crippen LogP contribution in [0.15, 0.2) is 42.5 Å². The van der Waals surface area contributed by atoms with Crippen LogP contribution in [-0.4, -0.2) is 46.4 Å². The van der Waals surface area contributed by atoms with Gasteiger partial charge in [0.1, 0.15) is 0 Å². The minimum Gasteiger partial charge on any atom is -0.493 e. The fourth-order valence-corrected chi connectivity index (χ4v) is 2.46. The van der Waals surface area contributed by atoms with Gasteiger partial charge in [-0.3, -0.25) is 4.79 Å². The predicted molar refractivity (Wildman–Crippen MR) is 99.5 cm³/mol. The lowest BCUT2D eigenvalue weighted by Crippen LogP contribution is -2.30. The lowest BCUT2D eigenvalue weighted by Gasteiger charge is -2.13. The molecule has 2 aromatic carbocycles. The second kappa shape index (κ2) is 10.1. The van der Waals surface area contributed by atoms with E-state index in [9.17, 15) is 9.59 Å². The number of esters is 1. The summed E-state index contributed by atoms with van der Waals surface area (Å²) in [4.78, 5) is 24.1. The summed E-state index contributed by atoms with van der Waals surface area (Å²) in [5.74, 6) is 0.00150. The third kappa shape index (κ3) is 5.64. The number of amides is 1. The highest BCUT2D eigenvalue weighted by Crippen LogP contribution is 2.38. The molecule has 0 fully saturated rings. The second-order valence-electron chi connectivity index (χ2n) is 5.58. The van der Waals surface area contributed by atoms with Gasteiger partial charge in [0.25, 0.3) is 5.91 Å². The van der Waals surface area contributed by atoms with Gasteiger partial charge in [-0.2, -0.15) is 0 Å². The number of ether oxygens (including phenoxy) is 4. The van der Waals surface area contributed by atoms with E-state index >= 15 is 0 Å². The van der Waals surface area contributed by atoms with E-state index in [-0.39, 0.29) is 18.1 Å². The maximum atomic E-state index is 12.2. The van der Waals surface area contributed by atoms with E-state index in [1.807, 2.05) is 30.3 Å². The Balaban J connectivity index is 1.88. The van der Waals surface area contributed by atoms with Gasteiger partial charge < -0.3 is 24.3 Å². The number of nitrogens with one attached hydrogen (secondary N) is 1. The van der Waals surface area contributed by atoms with Crippen molar-refractivity contribution in [3.05, 3.63) is 53.6 Å². The summed E-state index contributed by atoms with van der Waals surface area (Å²) >= 11 is 0. The van der Waals surface area contributed by atoms with E-state index in [4.69, 9.17) is 18.9 Å². The van der Waals surface area contributed by atoms with Gasteiger partial charge in [0.05, 0.1) is 26.9 Å². The molecule has 0 bridgehead atoms. The van der Waals surface area contributed by atoms with Gasteiger partial charge in [0.2, 0.25) is 5.75 Å². The first kappa shape index (κ1) is 20.1. The monoisotopic (exact) mass is 373 g/mol. The molecule has 0 aliphatic rings. The summed E-state index contributed by atoms with van der Waals surface area (Å²) in [5, 5.41) is 2.72. The van der Waals surface area contributed by atoms with E-state index in [0.29, 0.717) is 30.2 Å². The maximum Gasteiger partial charge on any atom is 0.338 e. The minimum absolute atomic E-state index is 0.196. The third-order valence-electron chi connectivity index (χ3n) is 3.81. The molecule has 7 heteroatoms. The highest BCUT2D eigenvalue weighted by molar-refractivity contribution is 5.92. The summed E-state index contributed by atoms with van der Waals surface area (Å²) in [7, 11) is 4.37. The zero-order valence-corrected chi connectivity index (χ0v) is 15.6. The molecule has 0 aliphatic carbocycles. The van der Waals surface area contributed by atoms with Gasteiger partial charge in [-0.15, -0.1) is 0 Å². The summed E-state index contributed by atoms with van der Waals surface area (Å²) in [6, 6.07) is 12.7. The molecule has 0 spiro atoms. The van der Waals surface area contributed by atoms with Crippen LogP contribution in [0.1, 0.15) is 15.9 Å². The molecule has 27 heavy (non-hydrogen) atoms. The first-order chi connectivity index (χ1) is 13.1. The second-order valence-corrected chi connectivity index (χ2v) is 5.58. The van der Waals surface area contributed by atoms with E-state index in [1.54, 1.807) is 0 Å². The molecule has 2 rings (SSSR count). The Morgan fingerprint density at radius 1 is 0.926 bits per heavy atom. The molecule has 0 heterocycles. The zero-order chi connectivity index (χ0) is 19.6. The molecular weight excluding hydrogens is 350 g/mol. The highest BCUT2D eigenvalue weighted by atomic mass is 16.5. The van der Waals surface area contributed by atoms with Crippen LogP contribution in [0.25, 0.3) is 0 Å². The van der Waals surface area contributed by atoms with Crippen LogP contribution in [0.2, 0.25) is 0 Å². The average Bonchev–Trinajstić information content (AvgIpc) is 2.71. The fourth-order valence-electron chi connectivity index (χ4n) is 2.46.